The van der Waals surface area contributed by atoms with Crippen LogP contribution >= 0.6 is 23.8 Å². The Kier molecular flexibility index (Phi) is 24.4. The SMILES string of the molecule is CCCCCCCCCCCCCCCCCCOCC(COP(=O)(O)OCCBr)OC(N)=O. The van der Waals surface area contributed by atoms with Crippen LogP contribution in [-0.4, -0.2) is 48.8 Å². The molecule has 0 aliphatic rings. The van der Waals surface area contributed by atoms with E-state index in [1.165, 1.54) is 89.9 Å². The molecule has 2 atom stereocenters. The van der Waals surface area contributed by atoms with Crippen molar-refractivity contribution in [3.8, 4) is 0 Å². The topological polar surface area (TPSA) is 117 Å². The predicted octanol–water partition coefficient (Wildman–Crippen LogP) is 7.26. The van der Waals surface area contributed by atoms with E-state index < -0.39 is 20.0 Å². The Morgan fingerprint density at radius 3 is 1.71 bits per heavy atom. The molecular weight excluding hydrogens is 525 g/mol. The van der Waals surface area contributed by atoms with Crippen LogP contribution < -0.4 is 5.73 Å². The standard InChI is InChI=1S/C24H49BrNO7P/c1-2-3-4-5-6-7-8-9-10-11-12-13-14-15-16-17-19-30-21-23(33-24(26)27)22-32-34(28,29)31-20-18-25/h23H,2-22H2,1H3,(H2,26,27)(H,28,29). The van der Waals surface area contributed by atoms with Gasteiger partial charge in [0.25, 0.3) is 0 Å². The second-order valence-corrected chi connectivity index (χ2v) is 11.0. The lowest BCUT2D eigenvalue weighted by atomic mass is 10.0. The van der Waals surface area contributed by atoms with E-state index >= 15 is 0 Å². The molecule has 0 aliphatic heterocycles. The molecule has 0 saturated carbocycles. The number of unbranched alkanes of at least 4 members (excludes halogenated alkanes) is 15. The van der Waals surface area contributed by atoms with Crippen molar-refractivity contribution < 1.29 is 32.8 Å². The van der Waals surface area contributed by atoms with Crippen molar-refractivity contribution in [2.24, 2.45) is 5.73 Å². The summed E-state index contributed by atoms with van der Waals surface area (Å²) >= 11 is 3.09. The van der Waals surface area contributed by atoms with E-state index in [1.807, 2.05) is 0 Å². The number of nitrogens with two attached hydrogens (primary N) is 1. The molecule has 10 heteroatoms. The zero-order chi connectivity index (χ0) is 25.3. The summed E-state index contributed by atoms with van der Waals surface area (Å²) in [5, 5.41) is 0.393. The fourth-order valence-electron chi connectivity index (χ4n) is 3.61. The van der Waals surface area contributed by atoms with E-state index in [1.54, 1.807) is 0 Å². The summed E-state index contributed by atoms with van der Waals surface area (Å²) in [6, 6.07) is 0. The molecule has 0 aromatic rings. The number of phosphoric acid groups is 1. The van der Waals surface area contributed by atoms with Crippen LogP contribution in [0.2, 0.25) is 0 Å². The van der Waals surface area contributed by atoms with Crippen molar-refractivity contribution in [2.75, 3.05) is 31.8 Å². The number of phosphoric ester groups is 1. The molecule has 2 unspecified atom stereocenters. The normalized spacial score (nSPS) is 14.1. The van der Waals surface area contributed by atoms with Gasteiger partial charge in [0.2, 0.25) is 0 Å². The summed E-state index contributed by atoms with van der Waals surface area (Å²) in [6.45, 7) is 2.51. The minimum atomic E-state index is -4.20. The lowest BCUT2D eigenvalue weighted by Gasteiger charge is -2.18. The van der Waals surface area contributed by atoms with Crippen LogP contribution in [0, 0.1) is 0 Å². The van der Waals surface area contributed by atoms with Crippen LogP contribution in [-0.2, 0) is 23.1 Å². The van der Waals surface area contributed by atoms with Crippen molar-refractivity contribution in [3.63, 3.8) is 0 Å². The van der Waals surface area contributed by atoms with Gasteiger partial charge in [-0.05, 0) is 6.42 Å². The van der Waals surface area contributed by atoms with Crippen LogP contribution in [0.25, 0.3) is 0 Å². The Morgan fingerprint density at radius 1 is 0.794 bits per heavy atom. The molecule has 0 bridgehead atoms. The summed E-state index contributed by atoms with van der Waals surface area (Å²) in [7, 11) is -4.20. The predicted molar refractivity (Wildman–Crippen MR) is 140 cm³/mol. The number of carbonyl (C=O) groups is 1. The molecule has 0 saturated heterocycles. The summed E-state index contributed by atoms with van der Waals surface area (Å²) in [6.07, 6.45) is 19.0. The van der Waals surface area contributed by atoms with E-state index in [9.17, 15) is 14.3 Å². The zero-order valence-electron chi connectivity index (χ0n) is 21.2. The first-order valence-corrected chi connectivity index (χ1v) is 15.7. The average Bonchev–Trinajstić information content (AvgIpc) is 2.80. The molecule has 3 N–H and O–H groups in total. The molecule has 0 fully saturated rings. The van der Waals surface area contributed by atoms with Crippen LogP contribution in [0.15, 0.2) is 0 Å². The summed E-state index contributed by atoms with van der Waals surface area (Å²) in [5.74, 6) is 0. The van der Waals surface area contributed by atoms with E-state index in [0.29, 0.717) is 11.9 Å². The molecule has 0 aliphatic carbocycles. The molecule has 0 heterocycles. The quantitative estimate of drug-likeness (QED) is 0.0634. The fraction of sp³-hybridized carbons (Fsp3) is 0.958. The number of alkyl halides is 1. The molecule has 34 heavy (non-hydrogen) atoms. The molecule has 204 valence electrons. The smallest absolute Gasteiger partial charge is 0.441 e. The van der Waals surface area contributed by atoms with Gasteiger partial charge in [0, 0.05) is 11.9 Å². The van der Waals surface area contributed by atoms with Crippen molar-refractivity contribution in [2.45, 2.75) is 116 Å². The van der Waals surface area contributed by atoms with Gasteiger partial charge in [0.05, 0.1) is 19.8 Å². The van der Waals surface area contributed by atoms with Gasteiger partial charge in [-0.1, -0.05) is 119 Å². The van der Waals surface area contributed by atoms with E-state index in [4.69, 9.17) is 24.3 Å². The van der Waals surface area contributed by atoms with Crippen molar-refractivity contribution in [1.82, 2.24) is 0 Å². The number of amides is 1. The number of halogens is 1. The number of primary amides is 1. The van der Waals surface area contributed by atoms with Gasteiger partial charge in [-0.25, -0.2) is 9.36 Å². The molecule has 1 amide bonds. The Balaban J connectivity index is 3.57. The summed E-state index contributed by atoms with van der Waals surface area (Å²) in [5.41, 5.74) is 5.04. The van der Waals surface area contributed by atoms with Crippen LogP contribution in [0.3, 0.4) is 0 Å². The average molecular weight is 575 g/mol. The number of carbonyl (C=O) groups excluding carboxylic acids is 1. The third-order valence-electron chi connectivity index (χ3n) is 5.48. The Hall–Kier alpha value is -0.180. The van der Waals surface area contributed by atoms with E-state index in [-0.39, 0.29) is 19.8 Å². The highest BCUT2D eigenvalue weighted by Crippen LogP contribution is 2.43. The molecule has 0 rings (SSSR count). The lowest BCUT2D eigenvalue weighted by molar-refractivity contribution is -0.00671. The maximum absolute atomic E-state index is 11.7. The molecule has 0 radical (unpaired) electrons. The Bertz CT molecular complexity index is 514. The van der Waals surface area contributed by atoms with Gasteiger partial charge in [-0.3, -0.25) is 9.05 Å². The van der Waals surface area contributed by atoms with Gasteiger partial charge in [0.15, 0.2) is 6.10 Å². The molecule has 0 aromatic heterocycles. The first kappa shape index (κ1) is 33.8. The highest BCUT2D eigenvalue weighted by atomic mass is 79.9. The molecule has 0 aromatic carbocycles. The first-order chi connectivity index (χ1) is 16.4. The highest BCUT2D eigenvalue weighted by molar-refractivity contribution is 9.09. The number of hydrogen-bond donors (Lipinski definition) is 2. The maximum atomic E-state index is 11.7. The third kappa shape index (κ3) is 24.9. The zero-order valence-corrected chi connectivity index (χ0v) is 23.7. The van der Waals surface area contributed by atoms with Gasteiger partial charge in [-0.15, -0.1) is 0 Å². The number of ether oxygens (including phenoxy) is 2. The Labute approximate surface area is 215 Å². The van der Waals surface area contributed by atoms with Crippen molar-refractivity contribution >= 4 is 29.8 Å². The molecule has 0 spiro atoms. The van der Waals surface area contributed by atoms with Crippen molar-refractivity contribution in [1.29, 1.82) is 0 Å². The lowest BCUT2D eigenvalue weighted by Crippen LogP contribution is -2.31. The third-order valence-corrected chi connectivity index (χ3v) is 6.79. The van der Waals surface area contributed by atoms with Gasteiger partial charge in [0.1, 0.15) is 0 Å². The van der Waals surface area contributed by atoms with Gasteiger partial charge >= 0.3 is 13.9 Å². The second kappa shape index (κ2) is 24.5. The first-order valence-electron chi connectivity index (χ1n) is 13.1. The highest BCUT2D eigenvalue weighted by Gasteiger charge is 2.24. The van der Waals surface area contributed by atoms with Crippen LogP contribution in [0.5, 0.6) is 0 Å². The van der Waals surface area contributed by atoms with Crippen molar-refractivity contribution in [3.05, 3.63) is 0 Å². The molecular formula is C24H49BrNO7P. The van der Waals surface area contributed by atoms with Gasteiger partial charge < -0.3 is 20.1 Å². The second-order valence-electron chi connectivity index (χ2n) is 8.72. The number of rotatable bonds is 26. The summed E-state index contributed by atoms with van der Waals surface area (Å²) in [4.78, 5) is 20.6. The van der Waals surface area contributed by atoms with E-state index in [2.05, 4.69) is 22.9 Å². The van der Waals surface area contributed by atoms with Crippen LogP contribution in [0.1, 0.15) is 110 Å². The monoisotopic (exact) mass is 573 g/mol. The minimum absolute atomic E-state index is 0.0187. The van der Waals surface area contributed by atoms with Crippen LogP contribution in [0.4, 0.5) is 4.79 Å². The largest absolute Gasteiger partial charge is 0.472 e. The van der Waals surface area contributed by atoms with E-state index in [0.717, 1.165) is 12.8 Å². The minimum Gasteiger partial charge on any atom is -0.441 e. The summed E-state index contributed by atoms with van der Waals surface area (Å²) < 4.78 is 31.6. The Morgan fingerprint density at radius 2 is 1.26 bits per heavy atom. The number of hydrogen-bond acceptors (Lipinski definition) is 6. The maximum Gasteiger partial charge on any atom is 0.472 e. The van der Waals surface area contributed by atoms with Gasteiger partial charge in [-0.2, -0.15) is 0 Å². The molecule has 8 nitrogen and oxygen atoms in total. The fourth-order valence-corrected chi connectivity index (χ4v) is 4.78.